The van der Waals surface area contributed by atoms with Crippen LogP contribution in [0.25, 0.3) is 0 Å². The van der Waals surface area contributed by atoms with Crippen LogP contribution >= 0.6 is 34.8 Å². The first kappa shape index (κ1) is 16.0. The van der Waals surface area contributed by atoms with Crippen molar-refractivity contribution in [3.05, 3.63) is 62.6 Å². The van der Waals surface area contributed by atoms with Gasteiger partial charge in [-0.25, -0.2) is 0 Å². The molecule has 0 bridgehead atoms. The number of hydrogen-bond donors (Lipinski definition) is 2. The third-order valence-corrected chi connectivity index (χ3v) is 4.39. The molecule has 3 N–H and O–H groups in total. The SMILES string of the molecule is CC(Nc1ccc(C(N)=O)cc1)c1ccc(Cl)c(Cl)c1Cl. The number of carbonyl (C=O) groups excluding carboxylic acids is 1. The lowest BCUT2D eigenvalue weighted by atomic mass is 10.1. The Kier molecular flexibility index (Phi) is 4.99. The van der Waals surface area contributed by atoms with Crippen molar-refractivity contribution in [2.45, 2.75) is 13.0 Å². The third kappa shape index (κ3) is 3.62. The zero-order chi connectivity index (χ0) is 15.6. The molecule has 0 spiro atoms. The summed E-state index contributed by atoms with van der Waals surface area (Å²) in [6.45, 7) is 1.95. The molecular weight excluding hydrogens is 331 g/mol. The minimum Gasteiger partial charge on any atom is -0.378 e. The molecule has 1 unspecified atom stereocenters. The summed E-state index contributed by atoms with van der Waals surface area (Å²) in [7, 11) is 0. The van der Waals surface area contributed by atoms with Crippen molar-refractivity contribution in [3.8, 4) is 0 Å². The molecule has 21 heavy (non-hydrogen) atoms. The molecule has 1 atom stereocenters. The van der Waals surface area contributed by atoms with Crippen molar-refractivity contribution >= 4 is 46.4 Å². The van der Waals surface area contributed by atoms with Gasteiger partial charge >= 0.3 is 0 Å². The van der Waals surface area contributed by atoms with Crippen LogP contribution in [0.5, 0.6) is 0 Å². The van der Waals surface area contributed by atoms with E-state index >= 15 is 0 Å². The standard InChI is InChI=1S/C15H13Cl3N2O/c1-8(11-6-7-12(16)14(18)13(11)17)20-10-4-2-9(3-5-10)15(19)21/h2-8,20H,1H3,(H2,19,21). The molecule has 0 fully saturated rings. The van der Waals surface area contributed by atoms with E-state index in [9.17, 15) is 4.79 Å². The molecule has 3 nitrogen and oxygen atoms in total. The lowest BCUT2D eigenvalue weighted by Gasteiger charge is -2.18. The second-order valence-electron chi connectivity index (χ2n) is 4.57. The Labute approximate surface area is 138 Å². The van der Waals surface area contributed by atoms with Gasteiger partial charge in [0.1, 0.15) is 0 Å². The highest BCUT2D eigenvalue weighted by Gasteiger charge is 2.14. The Bertz CT molecular complexity index is 671. The molecule has 6 heteroatoms. The maximum Gasteiger partial charge on any atom is 0.248 e. The topological polar surface area (TPSA) is 55.1 Å². The Balaban J connectivity index is 2.20. The highest BCUT2D eigenvalue weighted by Crippen LogP contribution is 2.36. The minimum atomic E-state index is -0.456. The summed E-state index contributed by atoms with van der Waals surface area (Å²) in [5.41, 5.74) is 7.34. The van der Waals surface area contributed by atoms with Crippen molar-refractivity contribution in [1.29, 1.82) is 0 Å². The van der Waals surface area contributed by atoms with E-state index in [2.05, 4.69) is 5.32 Å². The number of hydrogen-bond acceptors (Lipinski definition) is 2. The van der Waals surface area contributed by atoms with E-state index in [4.69, 9.17) is 40.5 Å². The molecule has 110 valence electrons. The third-order valence-electron chi connectivity index (χ3n) is 3.08. The summed E-state index contributed by atoms with van der Waals surface area (Å²) in [6, 6.07) is 10.3. The molecule has 0 aromatic heterocycles. The average molecular weight is 344 g/mol. The van der Waals surface area contributed by atoms with Gasteiger partial charge in [0, 0.05) is 11.3 Å². The fraction of sp³-hybridized carbons (Fsp3) is 0.133. The van der Waals surface area contributed by atoms with E-state index in [0.29, 0.717) is 20.6 Å². The van der Waals surface area contributed by atoms with Crippen LogP contribution in [0.3, 0.4) is 0 Å². The van der Waals surface area contributed by atoms with Crippen LogP contribution in [0.1, 0.15) is 28.9 Å². The normalized spacial score (nSPS) is 12.0. The number of rotatable bonds is 4. The predicted octanol–water partition coefficient (Wildman–Crippen LogP) is 4.92. The number of nitrogens with two attached hydrogens (primary N) is 1. The molecule has 0 aliphatic rings. The number of benzene rings is 2. The Morgan fingerprint density at radius 2 is 1.67 bits per heavy atom. The molecule has 0 radical (unpaired) electrons. The largest absolute Gasteiger partial charge is 0.378 e. The van der Waals surface area contributed by atoms with Gasteiger partial charge < -0.3 is 11.1 Å². The Morgan fingerprint density at radius 3 is 2.24 bits per heavy atom. The Hall–Kier alpha value is -1.42. The average Bonchev–Trinajstić information content (AvgIpc) is 2.45. The fourth-order valence-electron chi connectivity index (χ4n) is 1.93. The summed E-state index contributed by atoms with van der Waals surface area (Å²) in [5.74, 6) is -0.456. The highest BCUT2D eigenvalue weighted by atomic mass is 35.5. The van der Waals surface area contributed by atoms with Crippen molar-refractivity contribution in [2.24, 2.45) is 5.73 Å². The highest BCUT2D eigenvalue weighted by molar-refractivity contribution is 6.48. The number of carbonyl (C=O) groups is 1. The zero-order valence-electron chi connectivity index (χ0n) is 11.2. The van der Waals surface area contributed by atoms with Crippen LogP contribution in [0.2, 0.25) is 15.1 Å². The van der Waals surface area contributed by atoms with Gasteiger partial charge in [-0.05, 0) is 42.8 Å². The van der Waals surface area contributed by atoms with Crippen LogP contribution < -0.4 is 11.1 Å². The molecule has 2 aromatic rings. The van der Waals surface area contributed by atoms with E-state index in [1.807, 2.05) is 13.0 Å². The van der Waals surface area contributed by atoms with Gasteiger partial charge in [-0.15, -0.1) is 0 Å². The van der Waals surface area contributed by atoms with Gasteiger partial charge in [0.15, 0.2) is 0 Å². The van der Waals surface area contributed by atoms with Crippen molar-refractivity contribution in [1.82, 2.24) is 0 Å². The predicted molar refractivity (Wildman–Crippen MR) is 88.5 cm³/mol. The molecule has 0 aliphatic heterocycles. The lowest BCUT2D eigenvalue weighted by molar-refractivity contribution is 0.100. The molecule has 0 saturated carbocycles. The van der Waals surface area contributed by atoms with E-state index in [-0.39, 0.29) is 6.04 Å². The minimum absolute atomic E-state index is 0.0771. The molecule has 0 saturated heterocycles. The van der Waals surface area contributed by atoms with Crippen LogP contribution in [-0.2, 0) is 0 Å². The first-order chi connectivity index (χ1) is 9.90. The second kappa shape index (κ2) is 6.56. The Morgan fingerprint density at radius 1 is 1.05 bits per heavy atom. The van der Waals surface area contributed by atoms with E-state index in [1.165, 1.54) is 0 Å². The van der Waals surface area contributed by atoms with Crippen LogP contribution in [-0.4, -0.2) is 5.91 Å². The van der Waals surface area contributed by atoms with Gasteiger partial charge in [-0.3, -0.25) is 4.79 Å². The number of nitrogens with one attached hydrogen (secondary N) is 1. The number of halogens is 3. The van der Waals surface area contributed by atoms with Crippen molar-refractivity contribution in [3.63, 3.8) is 0 Å². The van der Waals surface area contributed by atoms with Crippen LogP contribution in [0.15, 0.2) is 36.4 Å². The smallest absolute Gasteiger partial charge is 0.248 e. The van der Waals surface area contributed by atoms with E-state index in [1.54, 1.807) is 30.3 Å². The molecule has 0 heterocycles. The van der Waals surface area contributed by atoms with Crippen LogP contribution in [0.4, 0.5) is 5.69 Å². The number of primary amides is 1. The summed E-state index contributed by atoms with van der Waals surface area (Å²) in [6.07, 6.45) is 0. The molecule has 1 amide bonds. The molecule has 2 aromatic carbocycles. The van der Waals surface area contributed by atoms with Gasteiger partial charge in [0.05, 0.1) is 21.1 Å². The van der Waals surface area contributed by atoms with Gasteiger partial charge in [0.25, 0.3) is 0 Å². The first-order valence-electron chi connectivity index (χ1n) is 6.20. The van der Waals surface area contributed by atoms with Gasteiger partial charge in [0.2, 0.25) is 5.91 Å². The lowest BCUT2D eigenvalue weighted by Crippen LogP contribution is -2.11. The number of anilines is 1. The first-order valence-corrected chi connectivity index (χ1v) is 7.33. The summed E-state index contributed by atoms with van der Waals surface area (Å²) < 4.78 is 0. The monoisotopic (exact) mass is 342 g/mol. The summed E-state index contributed by atoms with van der Waals surface area (Å²) in [4.78, 5) is 11.0. The summed E-state index contributed by atoms with van der Waals surface area (Å²) in [5, 5.41) is 4.46. The van der Waals surface area contributed by atoms with Crippen molar-refractivity contribution < 1.29 is 4.79 Å². The maximum atomic E-state index is 11.0. The quantitative estimate of drug-likeness (QED) is 0.774. The van der Waals surface area contributed by atoms with Gasteiger partial charge in [-0.1, -0.05) is 40.9 Å². The molecule has 2 rings (SSSR count). The van der Waals surface area contributed by atoms with Gasteiger partial charge in [-0.2, -0.15) is 0 Å². The van der Waals surface area contributed by atoms with Crippen LogP contribution in [0, 0.1) is 0 Å². The second-order valence-corrected chi connectivity index (χ2v) is 5.74. The fourth-order valence-corrected chi connectivity index (χ4v) is 2.64. The van der Waals surface area contributed by atoms with E-state index < -0.39 is 5.91 Å². The maximum absolute atomic E-state index is 11.0. The zero-order valence-corrected chi connectivity index (χ0v) is 13.4. The number of amides is 1. The van der Waals surface area contributed by atoms with E-state index in [0.717, 1.165) is 11.3 Å². The summed E-state index contributed by atoms with van der Waals surface area (Å²) >= 11 is 18.2. The molecular formula is C15H13Cl3N2O. The van der Waals surface area contributed by atoms with Crippen molar-refractivity contribution in [2.75, 3.05) is 5.32 Å². The molecule has 0 aliphatic carbocycles.